The summed E-state index contributed by atoms with van der Waals surface area (Å²) in [7, 11) is 0. The molecule has 1 aromatic heterocycles. The van der Waals surface area contributed by atoms with E-state index in [1.807, 2.05) is 0 Å². The van der Waals surface area contributed by atoms with E-state index in [-0.39, 0.29) is 42.1 Å². The van der Waals surface area contributed by atoms with Crippen LogP contribution in [-0.4, -0.2) is 39.6 Å². The number of nitrogens with zero attached hydrogens (tertiary/aromatic N) is 3. The van der Waals surface area contributed by atoms with Crippen LogP contribution in [0, 0.1) is 0 Å². The molecule has 1 aromatic carbocycles. The molecule has 4 rings (SSSR count). The molecule has 0 unspecified atom stereocenters. The summed E-state index contributed by atoms with van der Waals surface area (Å²) < 4.78 is 40.0. The highest BCUT2D eigenvalue weighted by Crippen LogP contribution is 2.36. The summed E-state index contributed by atoms with van der Waals surface area (Å²) in [6, 6.07) is 5.28. The Morgan fingerprint density at radius 3 is 2.53 bits per heavy atom. The third kappa shape index (κ3) is 4.64. The summed E-state index contributed by atoms with van der Waals surface area (Å²) >= 11 is 6.06. The third-order valence-electron chi connectivity index (χ3n) is 5.81. The zero-order valence-electron chi connectivity index (χ0n) is 17.0. The number of primary amides is 1. The maximum absolute atomic E-state index is 13.3. The van der Waals surface area contributed by atoms with Crippen molar-refractivity contribution in [3.63, 3.8) is 0 Å². The second kappa shape index (κ2) is 8.57. The second-order valence-electron chi connectivity index (χ2n) is 8.01. The molecule has 32 heavy (non-hydrogen) atoms. The Kier molecular flexibility index (Phi) is 5.98. The highest BCUT2D eigenvalue weighted by Gasteiger charge is 2.35. The Morgan fingerprint density at radius 2 is 1.88 bits per heavy atom. The van der Waals surface area contributed by atoms with Crippen LogP contribution in [-0.2, 0) is 15.8 Å². The number of carbonyl (C=O) groups excluding carboxylic acids is 2. The lowest BCUT2D eigenvalue weighted by Gasteiger charge is -2.36. The first kappa shape index (κ1) is 22.3. The first-order valence-corrected chi connectivity index (χ1v) is 10.6. The van der Waals surface area contributed by atoms with Crippen molar-refractivity contribution < 1.29 is 22.8 Å². The second-order valence-corrected chi connectivity index (χ2v) is 8.45. The van der Waals surface area contributed by atoms with Gasteiger partial charge in [0, 0.05) is 35.0 Å². The minimum absolute atomic E-state index is 0.101. The van der Waals surface area contributed by atoms with E-state index in [4.69, 9.17) is 17.3 Å². The van der Waals surface area contributed by atoms with Crippen LogP contribution < -0.4 is 11.1 Å². The molecule has 1 aliphatic heterocycles. The van der Waals surface area contributed by atoms with E-state index in [0.29, 0.717) is 41.8 Å². The van der Waals surface area contributed by atoms with Crippen LogP contribution in [0.1, 0.15) is 44.2 Å². The molecule has 11 heteroatoms. The average Bonchev–Trinajstić information content (AvgIpc) is 2.74. The Bertz CT molecular complexity index is 1100. The number of hydrogen-bond donors (Lipinski definition) is 2. The molecule has 0 saturated heterocycles. The van der Waals surface area contributed by atoms with Gasteiger partial charge < -0.3 is 11.1 Å². The zero-order valence-corrected chi connectivity index (χ0v) is 17.7. The molecule has 2 heterocycles. The van der Waals surface area contributed by atoms with Gasteiger partial charge in [-0.3, -0.25) is 9.59 Å². The molecule has 3 N–H and O–H groups in total. The number of halogens is 4. The number of nitrogens with one attached hydrogen (secondary N) is 1. The highest BCUT2D eigenvalue weighted by atomic mass is 35.5. The number of nitrogens with two attached hydrogens (primary N) is 1. The largest absolute Gasteiger partial charge is 0.433 e. The Labute approximate surface area is 186 Å². The number of anilines is 1. The topological polar surface area (TPSA) is 101 Å². The summed E-state index contributed by atoms with van der Waals surface area (Å²) in [6.45, 7) is 0. The van der Waals surface area contributed by atoms with Gasteiger partial charge in [-0.05, 0) is 49.9 Å². The van der Waals surface area contributed by atoms with Crippen LogP contribution in [0.5, 0.6) is 0 Å². The summed E-state index contributed by atoms with van der Waals surface area (Å²) in [5, 5.41) is 9.61. The summed E-state index contributed by atoms with van der Waals surface area (Å²) in [5.41, 5.74) is 5.03. The first-order chi connectivity index (χ1) is 15.1. The molecule has 0 radical (unpaired) electrons. The van der Waals surface area contributed by atoms with Gasteiger partial charge in [0.2, 0.25) is 5.91 Å². The van der Waals surface area contributed by atoms with Gasteiger partial charge in [0.15, 0.2) is 0 Å². The fraction of sp³-hybridized carbons (Fsp3) is 0.429. The lowest BCUT2D eigenvalue weighted by molar-refractivity contribution is -0.141. The molecule has 0 bridgehead atoms. The fourth-order valence-corrected chi connectivity index (χ4v) is 4.35. The zero-order chi connectivity index (χ0) is 23.0. The number of carbonyl (C=O) groups is 2. The number of rotatable bonds is 4. The van der Waals surface area contributed by atoms with Crippen molar-refractivity contribution in [1.82, 2.24) is 9.99 Å². The van der Waals surface area contributed by atoms with Crippen LogP contribution in [0.25, 0.3) is 10.9 Å². The summed E-state index contributed by atoms with van der Waals surface area (Å²) in [4.78, 5) is 27.4. The number of aromatic nitrogens is 1. The number of fused-ring (bicyclic) bond motifs is 1. The minimum atomic E-state index is -4.58. The van der Waals surface area contributed by atoms with Crippen LogP contribution >= 0.6 is 11.6 Å². The number of hydrazone groups is 1. The minimum Gasteiger partial charge on any atom is -0.382 e. The van der Waals surface area contributed by atoms with E-state index in [0.717, 1.165) is 6.07 Å². The first-order valence-electron chi connectivity index (χ1n) is 10.2. The predicted molar refractivity (Wildman–Crippen MR) is 114 cm³/mol. The lowest BCUT2D eigenvalue weighted by atomic mass is 9.90. The molecule has 1 saturated carbocycles. The fourth-order valence-electron chi connectivity index (χ4n) is 4.18. The molecular formula is C21H21ClF3N5O2. The van der Waals surface area contributed by atoms with Gasteiger partial charge in [0.25, 0.3) is 5.91 Å². The molecule has 0 spiro atoms. The molecule has 2 amide bonds. The molecule has 7 nitrogen and oxygen atoms in total. The van der Waals surface area contributed by atoms with Crippen molar-refractivity contribution in [1.29, 1.82) is 0 Å². The van der Waals surface area contributed by atoms with Gasteiger partial charge in [-0.25, -0.2) is 9.99 Å². The Balaban J connectivity index is 1.52. The van der Waals surface area contributed by atoms with Crippen LogP contribution in [0.3, 0.4) is 0 Å². The quantitative estimate of drug-likeness (QED) is 0.707. The highest BCUT2D eigenvalue weighted by molar-refractivity contribution is 6.39. The monoisotopic (exact) mass is 467 g/mol. The van der Waals surface area contributed by atoms with E-state index in [2.05, 4.69) is 15.4 Å². The molecule has 1 aliphatic carbocycles. The van der Waals surface area contributed by atoms with Crippen molar-refractivity contribution in [3.05, 3.63) is 35.0 Å². The maximum Gasteiger partial charge on any atom is 0.433 e. The molecule has 1 fully saturated rings. The van der Waals surface area contributed by atoms with Crippen molar-refractivity contribution in [2.75, 3.05) is 5.32 Å². The van der Waals surface area contributed by atoms with Crippen LogP contribution in [0.4, 0.5) is 18.9 Å². The van der Waals surface area contributed by atoms with Gasteiger partial charge in [0.1, 0.15) is 11.4 Å². The molecule has 2 aliphatic rings. The van der Waals surface area contributed by atoms with Gasteiger partial charge >= 0.3 is 6.18 Å². The lowest BCUT2D eigenvalue weighted by Crippen LogP contribution is -2.45. The van der Waals surface area contributed by atoms with Gasteiger partial charge in [-0.15, -0.1) is 0 Å². The normalized spacial score (nSPS) is 22.1. The SMILES string of the molecule is NC(=O)C1=NN(C2CCC(Nc3cc(C(F)(F)F)nc4ccc(Cl)cc34)CC2)C(=O)CC1. The van der Waals surface area contributed by atoms with Gasteiger partial charge in [-0.1, -0.05) is 11.6 Å². The predicted octanol–water partition coefficient (Wildman–Crippen LogP) is 4.09. The number of alkyl halides is 3. The molecule has 170 valence electrons. The molecule has 2 aromatic rings. The van der Waals surface area contributed by atoms with E-state index in [9.17, 15) is 22.8 Å². The Hall–Kier alpha value is -2.88. The third-order valence-corrected chi connectivity index (χ3v) is 6.04. The average molecular weight is 468 g/mol. The van der Waals surface area contributed by atoms with Crippen molar-refractivity contribution in [2.45, 2.75) is 56.8 Å². The van der Waals surface area contributed by atoms with Crippen molar-refractivity contribution in [2.24, 2.45) is 10.8 Å². The standard InChI is InChI=1S/C21H21ClF3N5O2/c22-11-1-6-15-14(9-11)17(10-18(28-15)21(23,24)25)27-12-2-4-13(5-3-12)30-19(31)8-7-16(29-30)20(26)32/h1,6,9-10,12-13H,2-5,7-8H2,(H2,26,32)(H,27,28). The maximum atomic E-state index is 13.3. The van der Waals surface area contributed by atoms with E-state index in [1.165, 1.54) is 17.1 Å². The van der Waals surface area contributed by atoms with Gasteiger partial charge in [-0.2, -0.15) is 18.3 Å². The molecular weight excluding hydrogens is 447 g/mol. The number of benzene rings is 1. The van der Waals surface area contributed by atoms with Gasteiger partial charge in [0.05, 0.1) is 11.6 Å². The molecule has 0 atom stereocenters. The van der Waals surface area contributed by atoms with Crippen molar-refractivity contribution in [3.8, 4) is 0 Å². The van der Waals surface area contributed by atoms with E-state index >= 15 is 0 Å². The number of pyridine rings is 1. The number of hydrogen-bond acceptors (Lipinski definition) is 5. The van der Waals surface area contributed by atoms with Crippen LogP contribution in [0.2, 0.25) is 5.02 Å². The van der Waals surface area contributed by atoms with Crippen LogP contribution in [0.15, 0.2) is 29.4 Å². The van der Waals surface area contributed by atoms with E-state index < -0.39 is 17.8 Å². The Morgan fingerprint density at radius 1 is 1.16 bits per heavy atom. The smallest absolute Gasteiger partial charge is 0.382 e. The van der Waals surface area contributed by atoms with E-state index in [1.54, 1.807) is 6.07 Å². The number of amides is 2. The summed E-state index contributed by atoms with van der Waals surface area (Å²) in [6.07, 6.45) is -1.75. The summed E-state index contributed by atoms with van der Waals surface area (Å²) in [5.74, 6) is -0.794. The van der Waals surface area contributed by atoms with Crippen molar-refractivity contribution >= 4 is 45.7 Å².